The quantitative estimate of drug-likeness (QED) is 0.206. The molecule has 0 spiro atoms. The van der Waals surface area contributed by atoms with Gasteiger partial charge in [-0.3, -0.25) is 19.9 Å². The predicted molar refractivity (Wildman–Crippen MR) is 159 cm³/mol. The van der Waals surface area contributed by atoms with Gasteiger partial charge in [-0.05, 0) is 106 Å². The van der Waals surface area contributed by atoms with E-state index in [2.05, 4.69) is 30.1 Å². The fourth-order valence-corrected chi connectivity index (χ4v) is 5.23. The molecule has 8 heteroatoms. The second-order valence-electron chi connectivity index (χ2n) is 10.4. The lowest BCUT2D eigenvalue weighted by molar-refractivity contribution is -0.145. The molecule has 0 aliphatic heterocycles. The lowest BCUT2D eigenvalue weighted by Crippen LogP contribution is -2.34. The summed E-state index contributed by atoms with van der Waals surface area (Å²) in [6.07, 6.45) is 3.51. The van der Waals surface area contributed by atoms with Crippen molar-refractivity contribution in [2.75, 3.05) is 17.3 Å². The van der Waals surface area contributed by atoms with Crippen molar-refractivity contribution in [3.05, 3.63) is 46.6 Å². The topological polar surface area (TPSA) is 116 Å². The Morgan fingerprint density at radius 2 is 1.80 bits per heavy atom. The fourth-order valence-electron chi connectivity index (χ4n) is 5.23. The Kier molecular flexibility index (Phi) is 10.3. The zero-order chi connectivity index (χ0) is 29.6. The second kappa shape index (κ2) is 13.5. The molecule has 2 aliphatic carbocycles. The maximum absolute atomic E-state index is 13.4. The van der Waals surface area contributed by atoms with E-state index in [1.165, 1.54) is 5.56 Å². The minimum absolute atomic E-state index is 0.0477. The summed E-state index contributed by atoms with van der Waals surface area (Å²) < 4.78 is 6.03. The number of anilines is 3. The van der Waals surface area contributed by atoms with Gasteiger partial charge < -0.3 is 15.2 Å². The van der Waals surface area contributed by atoms with Gasteiger partial charge in [-0.1, -0.05) is 32.8 Å². The average molecular weight is 547 g/mol. The summed E-state index contributed by atoms with van der Waals surface area (Å²) in [5.41, 5.74) is 5.01. The van der Waals surface area contributed by atoms with E-state index in [0.29, 0.717) is 36.7 Å². The molecule has 0 radical (unpaired) electrons. The van der Waals surface area contributed by atoms with Crippen molar-refractivity contribution >= 4 is 35.0 Å². The molecule has 4 rings (SSSR count). The van der Waals surface area contributed by atoms with Crippen LogP contribution in [0.4, 0.5) is 17.2 Å². The summed E-state index contributed by atoms with van der Waals surface area (Å²) in [5, 5.41) is 21.2. The van der Waals surface area contributed by atoms with Gasteiger partial charge in [0, 0.05) is 7.05 Å². The standard InChI is InChI=1S/C30H36N4O4.C2H6/c1-6-7-27(35)34(25-16-18(3)17(2)15-23(25)20-8-9-20)26-13-12-24(32-5)28(33-26)29(31)38-21-10-11-22(30(36)37)19(4)14-21;1-2/h12-13,15-16,19-22,31-32H,8-11,14H2,1-5H3,(H,36,37);1-2H3. The lowest BCUT2D eigenvalue weighted by atomic mass is 9.79. The number of carbonyl (C=O) groups excluding carboxylic acids is 1. The molecule has 214 valence electrons. The molecule has 40 heavy (non-hydrogen) atoms. The molecular weight excluding hydrogens is 504 g/mol. The minimum atomic E-state index is -0.783. The number of carbonyl (C=O) groups is 2. The van der Waals surface area contributed by atoms with Gasteiger partial charge in [-0.15, -0.1) is 0 Å². The zero-order valence-corrected chi connectivity index (χ0v) is 24.7. The minimum Gasteiger partial charge on any atom is -0.481 e. The van der Waals surface area contributed by atoms with Crippen LogP contribution in [0.15, 0.2) is 24.3 Å². The van der Waals surface area contributed by atoms with Gasteiger partial charge in [-0.2, -0.15) is 0 Å². The highest BCUT2D eigenvalue weighted by molar-refractivity contribution is 6.11. The number of hydrogen-bond acceptors (Lipinski definition) is 6. The van der Waals surface area contributed by atoms with E-state index in [-0.39, 0.29) is 29.5 Å². The highest BCUT2D eigenvalue weighted by Crippen LogP contribution is 2.46. The molecule has 1 amide bonds. The number of amides is 1. The summed E-state index contributed by atoms with van der Waals surface area (Å²) in [6.45, 7) is 11.6. The van der Waals surface area contributed by atoms with Gasteiger partial charge in [0.25, 0.3) is 0 Å². The van der Waals surface area contributed by atoms with E-state index in [1.807, 2.05) is 33.8 Å². The van der Waals surface area contributed by atoms with Crippen molar-refractivity contribution in [3.8, 4) is 11.8 Å². The van der Waals surface area contributed by atoms with E-state index in [0.717, 1.165) is 29.7 Å². The molecule has 1 heterocycles. The van der Waals surface area contributed by atoms with Crippen LogP contribution in [-0.4, -0.2) is 41.0 Å². The van der Waals surface area contributed by atoms with Crippen LogP contribution in [-0.2, 0) is 14.3 Å². The third kappa shape index (κ3) is 6.82. The molecule has 0 bridgehead atoms. The Labute approximate surface area is 238 Å². The van der Waals surface area contributed by atoms with Gasteiger partial charge >= 0.3 is 11.9 Å². The van der Waals surface area contributed by atoms with E-state index < -0.39 is 11.9 Å². The molecule has 8 nitrogen and oxygen atoms in total. The van der Waals surface area contributed by atoms with E-state index in [9.17, 15) is 14.7 Å². The van der Waals surface area contributed by atoms with Gasteiger partial charge in [0.15, 0.2) is 0 Å². The van der Waals surface area contributed by atoms with E-state index >= 15 is 0 Å². The molecule has 2 aromatic rings. The summed E-state index contributed by atoms with van der Waals surface area (Å²) in [5.74, 6) is 4.43. The predicted octanol–water partition coefficient (Wildman–Crippen LogP) is 6.56. The SMILES string of the molecule is CC.CC#CC(=O)N(c1ccc(NC)c(C(=N)OC2CCC(C(=O)O)C(C)C2)n1)c1cc(C)c(C)cc1C1CC1. The third-order valence-electron chi connectivity index (χ3n) is 7.65. The van der Waals surface area contributed by atoms with Crippen LogP contribution >= 0.6 is 0 Å². The third-order valence-corrected chi connectivity index (χ3v) is 7.65. The van der Waals surface area contributed by atoms with E-state index in [1.54, 1.807) is 31.0 Å². The van der Waals surface area contributed by atoms with Crippen LogP contribution in [0.2, 0.25) is 0 Å². The van der Waals surface area contributed by atoms with Crippen LogP contribution in [0, 0.1) is 42.9 Å². The number of ether oxygens (including phenoxy) is 1. The number of aliphatic carboxylic acids is 1. The number of nitrogens with one attached hydrogen (secondary N) is 2. The van der Waals surface area contributed by atoms with Crippen molar-refractivity contribution in [2.24, 2.45) is 11.8 Å². The summed E-state index contributed by atoms with van der Waals surface area (Å²) >= 11 is 0. The first-order valence-electron chi connectivity index (χ1n) is 14.2. The van der Waals surface area contributed by atoms with Crippen molar-refractivity contribution < 1.29 is 19.4 Å². The number of benzene rings is 1. The van der Waals surface area contributed by atoms with Crippen LogP contribution in [0.25, 0.3) is 0 Å². The van der Waals surface area contributed by atoms with Crippen LogP contribution in [0.5, 0.6) is 0 Å². The molecular formula is C32H42N4O4. The van der Waals surface area contributed by atoms with Crippen molar-refractivity contribution in [1.29, 1.82) is 5.41 Å². The monoisotopic (exact) mass is 546 g/mol. The number of carboxylic acid groups (broad SMARTS) is 1. The van der Waals surface area contributed by atoms with Gasteiger partial charge in [0.2, 0.25) is 5.90 Å². The Bertz CT molecular complexity index is 1320. The number of nitrogens with zero attached hydrogens (tertiary/aromatic N) is 2. The number of aryl methyl sites for hydroxylation is 2. The number of aromatic nitrogens is 1. The number of hydrogen-bond donors (Lipinski definition) is 3. The van der Waals surface area contributed by atoms with Gasteiger partial charge in [0.05, 0.1) is 17.3 Å². The molecule has 1 aromatic carbocycles. The average Bonchev–Trinajstić information content (AvgIpc) is 3.77. The lowest BCUT2D eigenvalue weighted by Gasteiger charge is -2.32. The first kappa shape index (κ1) is 30.7. The zero-order valence-electron chi connectivity index (χ0n) is 24.7. The highest BCUT2D eigenvalue weighted by Gasteiger charge is 2.35. The summed E-state index contributed by atoms with van der Waals surface area (Å²) in [4.78, 5) is 31.2. The van der Waals surface area contributed by atoms with E-state index in [4.69, 9.17) is 15.1 Å². The van der Waals surface area contributed by atoms with Crippen LogP contribution < -0.4 is 10.2 Å². The molecule has 3 unspecified atom stereocenters. The van der Waals surface area contributed by atoms with Gasteiger partial charge in [-0.25, -0.2) is 4.98 Å². The first-order valence-corrected chi connectivity index (χ1v) is 14.2. The van der Waals surface area contributed by atoms with Crippen LogP contribution in [0.1, 0.15) is 88.1 Å². The Hall–Kier alpha value is -3.86. The maximum Gasteiger partial charge on any atom is 0.308 e. The normalized spacial score (nSPS) is 19.7. The molecule has 1 aromatic heterocycles. The largest absolute Gasteiger partial charge is 0.481 e. The van der Waals surface area contributed by atoms with Crippen molar-refractivity contribution in [2.45, 2.75) is 85.7 Å². The second-order valence-corrected chi connectivity index (χ2v) is 10.4. The van der Waals surface area contributed by atoms with Crippen molar-refractivity contribution in [3.63, 3.8) is 0 Å². The molecule has 2 saturated carbocycles. The number of rotatable bonds is 7. The fraction of sp³-hybridized carbons (Fsp3) is 0.500. The Morgan fingerprint density at radius 3 is 2.38 bits per heavy atom. The molecule has 0 saturated heterocycles. The summed E-state index contributed by atoms with van der Waals surface area (Å²) in [6, 6.07) is 7.72. The van der Waals surface area contributed by atoms with Gasteiger partial charge in [0.1, 0.15) is 17.6 Å². The first-order chi connectivity index (χ1) is 19.1. The highest BCUT2D eigenvalue weighted by atomic mass is 16.5. The maximum atomic E-state index is 13.4. The Balaban J connectivity index is 0.00000216. The summed E-state index contributed by atoms with van der Waals surface area (Å²) in [7, 11) is 1.74. The number of pyridine rings is 1. The molecule has 3 N–H and O–H groups in total. The van der Waals surface area contributed by atoms with Crippen molar-refractivity contribution in [1.82, 2.24) is 4.98 Å². The van der Waals surface area contributed by atoms with Crippen LogP contribution in [0.3, 0.4) is 0 Å². The smallest absolute Gasteiger partial charge is 0.308 e. The molecule has 3 atom stereocenters. The molecule has 2 fully saturated rings. The Morgan fingerprint density at radius 1 is 1.12 bits per heavy atom. The molecule has 2 aliphatic rings. The number of carboxylic acids is 1.